The number of aliphatic imine (C=N–C) groups is 1. The van der Waals surface area contributed by atoms with E-state index in [1.54, 1.807) is 0 Å². The standard InChI is InChI=1S/C12H23N3O2.HI/c1-10(2)9-16-7-5-14-12(13)15-8-11-4-3-6-17-11;/h11H,1,3-9H2,2H3,(H3,13,14,15);1H. The summed E-state index contributed by atoms with van der Waals surface area (Å²) in [4.78, 5) is 4.22. The molecule has 0 aromatic rings. The molecule has 6 heteroatoms. The number of halogens is 1. The highest BCUT2D eigenvalue weighted by atomic mass is 127. The van der Waals surface area contributed by atoms with Crippen molar-refractivity contribution in [2.75, 3.05) is 32.9 Å². The maximum Gasteiger partial charge on any atom is 0.188 e. The Morgan fingerprint density at radius 3 is 3.00 bits per heavy atom. The van der Waals surface area contributed by atoms with E-state index >= 15 is 0 Å². The fourth-order valence-electron chi connectivity index (χ4n) is 1.54. The molecular formula is C12H24IN3O2. The van der Waals surface area contributed by atoms with E-state index in [2.05, 4.69) is 16.9 Å². The van der Waals surface area contributed by atoms with Crippen LogP contribution in [0.4, 0.5) is 0 Å². The highest BCUT2D eigenvalue weighted by molar-refractivity contribution is 14.0. The zero-order valence-corrected chi connectivity index (χ0v) is 13.3. The Kier molecular flexibility index (Phi) is 10.4. The highest BCUT2D eigenvalue weighted by Gasteiger charge is 2.14. The van der Waals surface area contributed by atoms with Crippen LogP contribution in [0.15, 0.2) is 17.1 Å². The van der Waals surface area contributed by atoms with E-state index in [0.29, 0.717) is 32.3 Å². The second kappa shape index (κ2) is 10.6. The van der Waals surface area contributed by atoms with E-state index in [1.165, 1.54) is 0 Å². The zero-order chi connectivity index (χ0) is 12.5. The van der Waals surface area contributed by atoms with Crippen molar-refractivity contribution in [2.24, 2.45) is 10.7 Å². The maximum atomic E-state index is 5.70. The van der Waals surface area contributed by atoms with Crippen molar-refractivity contribution in [2.45, 2.75) is 25.9 Å². The molecule has 3 N–H and O–H groups in total. The number of guanidine groups is 1. The van der Waals surface area contributed by atoms with Crippen molar-refractivity contribution in [3.05, 3.63) is 12.2 Å². The van der Waals surface area contributed by atoms with Crippen LogP contribution >= 0.6 is 24.0 Å². The predicted molar refractivity (Wildman–Crippen MR) is 84.5 cm³/mol. The van der Waals surface area contributed by atoms with Crippen LogP contribution in [0.5, 0.6) is 0 Å². The third-order valence-electron chi connectivity index (χ3n) is 2.39. The molecule has 106 valence electrons. The first-order valence-corrected chi connectivity index (χ1v) is 6.06. The van der Waals surface area contributed by atoms with Gasteiger partial charge in [-0.05, 0) is 19.8 Å². The Hall–Kier alpha value is -0.340. The molecule has 0 spiro atoms. The van der Waals surface area contributed by atoms with Gasteiger partial charge in [-0.1, -0.05) is 12.2 Å². The number of nitrogens with zero attached hydrogens (tertiary/aromatic N) is 1. The highest BCUT2D eigenvalue weighted by Crippen LogP contribution is 2.11. The molecule has 1 fully saturated rings. The van der Waals surface area contributed by atoms with Gasteiger partial charge in [-0.25, -0.2) is 0 Å². The van der Waals surface area contributed by atoms with E-state index in [9.17, 15) is 0 Å². The van der Waals surface area contributed by atoms with Crippen molar-refractivity contribution in [3.8, 4) is 0 Å². The van der Waals surface area contributed by atoms with Crippen LogP contribution in [0.1, 0.15) is 19.8 Å². The minimum Gasteiger partial charge on any atom is -0.376 e. The summed E-state index contributed by atoms with van der Waals surface area (Å²) < 4.78 is 10.8. The second-order valence-corrected chi connectivity index (χ2v) is 4.30. The van der Waals surface area contributed by atoms with Crippen molar-refractivity contribution in [1.29, 1.82) is 0 Å². The molecule has 1 heterocycles. The third-order valence-corrected chi connectivity index (χ3v) is 2.39. The minimum atomic E-state index is 0. The molecule has 1 aliphatic heterocycles. The third kappa shape index (κ3) is 8.71. The van der Waals surface area contributed by atoms with Gasteiger partial charge in [0.15, 0.2) is 5.96 Å². The van der Waals surface area contributed by atoms with Gasteiger partial charge in [0.05, 0.1) is 25.9 Å². The fraction of sp³-hybridized carbons (Fsp3) is 0.750. The van der Waals surface area contributed by atoms with Gasteiger partial charge in [0, 0.05) is 13.2 Å². The maximum absolute atomic E-state index is 5.70. The summed E-state index contributed by atoms with van der Waals surface area (Å²) in [5.41, 5.74) is 6.72. The van der Waals surface area contributed by atoms with Gasteiger partial charge in [0.1, 0.15) is 0 Å². The van der Waals surface area contributed by atoms with Crippen LogP contribution < -0.4 is 11.1 Å². The summed E-state index contributed by atoms with van der Waals surface area (Å²) in [5, 5.41) is 3.00. The normalized spacial score (nSPS) is 19.4. The monoisotopic (exact) mass is 369 g/mol. The van der Waals surface area contributed by atoms with Crippen molar-refractivity contribution in [1.82, 2.24) is 5.32 Å². The van der Waals surface area contributed by atoms with E-state index in [0.717, 1.165) is 25.0 Å². The molecule has 1 aliphatic rings. The molecule has 0 aliphatic carbocycles. The number of hydrogen-bond donors (Lipinski definition) is 2. The number of hydrogen-bond acceptors (Lipinski definition) is 3. The lowest BCUT2D eigenvalue weighted by Crippen LogP contribution is -2.35. The van der Waals surface area contributed by atoms with Crippen LogP contribution in [0.3, 0.4) is 0 Å². The van der Waals surface area contributed by atoms with Crippen LogP contribution in [0.25, 0.3) is 0 Å². The van der Waals surface area contributed by atoms with Crippen LogP contribution in [-0.2, 0) is 9.47 Å². The van der Waals surface area contributed by atoms with E-state index in [4.69, 9.17) is 15.2 Å². The number of nitrogens with one attached hydrogen (secondary N) is 1. The van der Waals surface area contributed by atoms with Crippen molar-refractivity contribution >= 4 is 29.9 Å². The van der Waals surface area contributed by atoms with Gasteiger partial charge in [-0.3, -0.25) is 4.99 Å². The lowest BCUT2D eigenvalue weighted by molar-refractivity contribution is 0.117. The Labute approximate surface area is 126 Å². The van der Waals surface area contributed by atoms with Crippen molar-refractivity contribution in [3.63, 3.8) is 0 Å². The zero-order valence-electron chi connectivity index (χ0n) is 11.0. The summed E-state index contributed by atoms with van der Waals surface area (Å²) in [6, 6.07) is 0. The largest absolute Gasteiger partial charge is 0.376 e. The average molecular weight is 369 g/mol. The fourth-order valence-corrected chi connectivity index (χ4v) is 1.54. The molecule has 1 saturated heterocycles. The Balaban J connectivity index is 0.00000289. The molecule has 0 amide bonds. The number of ether oxygens (including phenoxy) is 2. The molecule has 0 bridgehead atoms. The van der Waals surface area contributed by atoms with E-state index in [1.807, 2.05) is 6.92 Å². The molecule has 0 radical (unpaired) electrons. The molecule has 1 atom stereocenters. The molecule has 0 saturated carbocycles. The lowest BCUT2D eigenvalue weighted by Gasteiger charge is -2.08. The second-order valence-electron chi connectivity index (χ2n) is 4.30. The Bertz CT molecular complexity index is 266. The van der Waals surface area contributed by atoms with Gasteiger partial charge in [0.2, 0.25) is 0 Å². The topological polar surface area (TPSA) is 68.9 Å². The first-order valence-electron chi connectivity index (χ1n) is 6.06. The first-order chi connectivity index (χ1) is 8.18. The molecule has 0 aromatic carbocycles. The first kappa shape index (κ1) is 17.7. The quantitative estimate of drug-likeness (QED) is 0.233. The Morgan fingerprint density at radius 1 is 1.61 bits per heavy atom. The van der Waals surface area contributed by atoms with Crippen LogP contribution in [0, 0.1) is 0 Å². The van der Waals surface area contributed by atoms with Gasteiger partial charge >= 0.3 is 0 Å². The van der Waals surface area contributed by atoms with Crippen molar-refractivity contribution < 1.29 is 9.47 Å². The molecular weight excluding hydrogens is 345 g/mol. The summed E-state index contributed by atoms with van der Waals surface area (Å²) in [6.07, 6.45) is 2.45. The SMILES string of the molecule is C=C(C)COCCNC(N)=NCC1CCCO1.I. The van der Waals surface area contributed by atoms with E-state index < -0.39 is 0 Å². The van der Waals surface area contributed by atoms with Gasteiger partial charge in [0.25, 0.3) is 0 Å². The molecule has 1 rings (SSSR count). The number of nitrogens with two attached hydrogens (primary N) is 1. The van der Waals surface area contributed by atoms with Crippen LogP contribution in [0.2, 0.25) is 0 Å². The summed E-state index contributed by atoms with van der Waals surface area (Å²) in [7, 11) is 0. The van der Waals surface area contributed by atoms with Gasteiger partial charge in [-0.2, -0.15) is 0 Å². The van der Waals surface area contributed by atoms with E-state index in [-0.39, 0.29) is 30.1 Å². The number of rotatable bonds is 7. The van der Waals surface area contributed by atoms with Gasteiger partial charge in [-0.15, -0.1) is 24.0 Å². The molecule has 5 nitrogen and oxygen atoms in total. The van der Waals surface area contributed by atoms with Crippen LogP contribution in [-0.4, -0.2) is 45.0 Å². The summed E-state index contributed by atoms with van der Waals surface area (Å²) >= 11 is 0. The molecule has 1 unspecified atom stereocenters. The predicted octanol–water partition coefficient (Wildman–Crippen LogP) is 1.28. The molecule has 0 aromatic heterocycles. The average Bonchev–Trinajstić information content (AvgIpc) is 2.78. The Morgan fingerprint density at radius 2 is 2.39 bits per heavy atom. The van der Waals surface area contributed by atoms with Gasteiger partial charge < -0.3 is 20.5 Å². The minimum absolute atomic E-state index is 0. The summed E-state index contributed by atoms with van der Waals surface area (Å²) in [5.74, 6) is 0.458. The lowest BCUT2D eigenvalue weighted by atomic mass is 10.2. The smallest absolute Gasteiger partial charge is 0.188 e. The molecule has 18 heavy (non-hydrogen) atoms. The summed E-state index contributed by atoms with van der Waals surface area (Å²) in [6.45, 7) is 9.04.